The Labute approximate surface area is 167 Å². The zero-order valence-corrected chi connectivity index (χ0v) is 17.3. The van der Waals surface area contributed by atoms with Crippen LogP contribution in [0.4, 0.5) is 0 Å². The van der Waals surface area contributed by atoms with Crippen LogP contribution in [0.3, 0.4) is 0 Å². The second kappa shape index (κ2) is 8.63. The number of aromatic nitrogens is 1. The predicted octanol–water partition coefficient (Wildman–Crippen LogP) is 4.20. The van der Waals surface area contributed by atoms with Crippen molar-refractivity contribution in [2.45, 2.75) is 47.1 Å². The number of ether oxygens (including phenoxy) is 1. The first-order chi connectivity index (χ1) is 13.4. The lowest BCUT2D eigenvalue weighted by atomic mass is 9.99. The zero-order valence-electron chi connectivity index (χ0n) is 17.3. The predicted molar refractivity (Wildman–Crippen MR) is 110 cm³/mol. The van der Waals surface area contributed by atoms with Crippen LogP contribution in [0.15, 0.2) is 30.3 Å². The van der Waals surface area contributed by atoms with E-state index in [0.29, 0.717) is 30.3 Å². The van der Waals surface area contributed by atoms with Crippen LogP contribution in [0.2, 0.25) is 0 Å². The third-order valence-electron chi connectivity index (χ3n) is 5.58. The first-order valence-corrected chi connectivity index (χ1v) is 10.1. The van der Waals surface area contributed by atoms with Gasteiger partial charge in [0, 0.05) is 25.3 Å². The number of amides is 1. The molecule has 2 heterocycles. The number of carbonyl (C=O) groups is 2. The molecule has 1 amide bonds. The minimum Gasteiger partial charge on any atom is -0.461 e. The van der Waals surface area contributed by atoms with Gasteiger partial charge < -0.3 is 14.2 Å². The smallest absolute Gasteiger partial charge is 0.355 e. The van der Waals surface area contributed by atoms with Gasteiger partial charge in [0.25, 0.3) is 5.91 Å². The maximum absolute atomic E-state index is 13.3. The van der Waals surface area contributed by atoms with Gasteiger partial charge in [-0.25, -0.2) is 4.79 Å². The molecule has 1 aromatic carbocycles. The molecule has 1 unspecified atom stereocenters. The van der Waals surface area contributed by atoms with E-state index in [-0.39, 0.29) is 11.9 Å². The van der Waals surface area contributed by atoms with E-state index in [9.17, 15) is 9.59 Å². The molecule has 1 aromatic heterocycles. The van der Waals surface area contributed by atoms with Gasteiger partial charge in [0.2, 0.25) is 0 Å². The topological polar surface area (TPSA) is 51.5 Å². The van der Waals surface area contributed by atoms with Crippen molar-refractivity contribution in [3.05, 3.63) is 58.4 Å². The standard InChI is InChI=1S/C23H30N2O3/c1-5-28-23(27)21-17(3)20(22(26)24-13-9-10-16(2)14-24)18(4)25(21)15-19-11-7-6-8-12-19/h6-8,11-12,16H,5,9-10,13-15H2,1-4H3. The average molecular weight is 383 g/mol. The molecule has 3 rings (SSSR count). The molecule has 5 heteroatoms. The lowest BCUT2D eigenvalue weighted by Crippen LogP contribution is -2.39. The third kappa shape index (κ3) is 3.98. The summed E-state index contributed by atoms with van der Waals surface area (Å²) in [5.74, 6) is 0.165. The number of esters is 1. The van der Waals surface area contributed by atoms with E-state index < -0.39 is 0 Å². The lowest BCUT2D eigenvalue weighted by Gasteiger charge is -2.31. The first-order valence-electron chi connectivity index (χ1n) is 10.1. The van der Waals surface area contributed by atoms with Crippen molar-refractivity contribution in [2.75, 3.05) is 19.7 Å². The fraction of sp³-hybridized carbons (Fsp3) is 0.478. The molecule has 2 aromatic rings. The summed E-state index contributed by atoms with van der Waals surface area (Å²) in [5, 5.41) is 0. The normalized spacial score (nSPS) is 16.9. The van der Waals surface area contributed by atoms with E-state index >= 15 is 0 Å². The molecule has 1 aliphatic rings. The van der Waals surface area contributed by atoms with Crippen LogP contribution in [0.1, 0.15) is 64.4 Å². The fourth-order valence-electron chi connectivity index (χ4n) is 4.17. The number of hydrogen-bond donors (Lipinski definition) is 0. The van der Waals surface area contributed by atoms with Crippen molar-refractivity contribution in [1.82, 2.24) is 9.47 Å². The number of hydrogen-bond acceptors (Lipinski definition) is 3. The summed E-state index contributed by atoms with van der Waals surface area (Å²) in [5.41, 5.74) is 3.75. The quantitative estimate of drug-likeness (QED) is 0.728. The Morgan fingerprint density at radius 1 is 1.18 bits per heavy atom. The van der Waals surface area contributed by atoms with Crippen LogP contribution in [0, 0.1) is 19.8 Å². The van der Waals surface area contributed by atoms with Crippen LogP contribution < -0.4 is 0 Å². The molecular weight excluding hydrogens is 352 g/mol. The Balaban J connectivity index is 2.04. The maximum Gasteiger partial charge on any atom is 0.355 e. The van der Waals surface area contributed by atoms with Crippen LogP contribution in [-0.4, -0.2) is 41.0 Å². The Morgan fingerprint density at radius 3 is 2.54 bits per heavy atom. The van der Waals surface area contributed by atoms with Gasteiger partial charge in [-0.1, -0.05) is 37.3 Å². The number of piperidine rings is 1. The number of rotatable bonds is 5. The monoisotopic (exact) mass is 382 g/mol. The van der Waals surface area contributed by atoms with E-state index in [4.69, 9.17) is 4.74 Å². The second-order valence-corrected chi connectivity index (χ2v) is 7.72. The van der Waals surface area contributed by atoms with E-state index in [1.54, 1.807) is 6.92 Å². The Hall–Kier alpha value is -2.56. The summed E-state index contributed by atoms with van der Waals surface area (Å²) in [4.78, 5) is 28.0. The average Bonchev–Trinajstić information content (AvgIpc) is 2.92. The molecule has 150 valence electrons. The van der Waals surface area contributed by atoms with E-state index in [0.717, 1.165) is 42.8 Å². The molecule has 28 heavy (non-hydrogen) atoms. The molecule has 5 nitrogen and oxygen atoms in total. The molecule has 0 bridgehead atoms. The highest BCUT2D eigenvalue weighted by molar-refractivity contribution is 6.01. The fourth-order valence-corrected chi connectivity index (χ4v) is 4.17. The van der Waals surface area contributed by atoms with E-state index in [1.165, 1.54) is 0 Å². The summed E-state index contributed by atoms with van der Waals surface area (Å²) >= 11 is 0. The number of benzene rings is 1. The first kappa shape index (κ1) is 20.2. The van der Waals surface area contributed by atoms with Crippen molar-refractivity contribution in [3.63, 3.8) is 0 Å². The van der Waals surface area contributed by atoms with E-state index in [2.05, 4.69) is 6.92 Å². The summed E-state index contributed by atoms with van der Waals surface area (Å²) in [6, 6.07) is 9.98. The van der Waals surface area contributed by atoms with Crippen molar-refractivity contribution < 1.29 is 14.3 Å². The molecule has 0 spiro atoms. The second-order valence-electron chi connectivity index (χ2n) is 7.72. The van der Waals surface area contributed by atoms with Gasteiger partial charge in [-0.2, -0.15) is 0 Å². The molecular formula is C23H30N2O3. The van der Waals surface area contributed by atoms with Crippen molar-refractivity contribution in [2.24, 2.45) is 5.92 Å². The Bertz CT molecular complexity index is 854. The molecule has 1 atom stereocenters. The molecule has 0 radical (unpaired) electrons. The summed E-state index contributed by atoms with van der Waals surface area (Å²) in [7, 11) is 0. The highest BCUT2D eigenvalue weighted by Gasteiger charge is 2.31. The highest BCUT2D eigenvalue weighted by atomic mass is 16.5. The van der Waals surface area contributed by atoms with Gasteiger partial charge in [-0.3, -0.25) is 4.79 Å². The zero-order chi connectivity index (χ0) is 20.3. The molecule has 1 aliphatic heterocycles. The van der Waals surface area contributed by atoms with Crippen molar-refractivity contribution >= 4 is 11.9 Å². The molecule has 1 saturated heterocycles. The maximum atomic E-state index is 13.3. The number of likely N-dealkylation sites (tertiary alicyclic amines) is 1. The number of nitrogens with zero attached hydrogens (tertiary/aromatic N) is 2. The summed E-state index contributed by atoms with van der Waals surface area (Å²) in [6.07, 6.45) is 2.19. The molecule has 0 aliphatic carbocycles. The largest absolute Gasteiger partial charge is 0.461 e. The molecule has 1 fully saturated rings. The van der Waals surface area contributed by atoms with Gasteiger partial charge in [-0.05, 0) is 50.7 Å². The van der Waals surface area contributed by atoms with Gasteiger partial charge in [0.05, 0.1) is 12.2 Å². The van der Waals surface area contributed by atoms with Crippen molar-refractivity contribution in [3.8, 4) is 0 Å². The third-order valence-corrected chi connectivity index (χ3v) is 5.58. The summed E-state index contributed by atoms with van der Waals surface area (Å²) in [6.45, 7) is 10.2. The van der Waals surface area contributed by atoms with Gasteiger partial charge in [0.15, 0.2) is 0 Å². The van der Waals surface area contributed by atoms with Crippen LogP contribution in [0.5, 0.6) is 0 Å². The minimum atomic E-state index is -0.370. The van der Waals surface area contributed by atoms with Gasteiger partial charge >= 0.3 is 5.97 Å². The SMILES string of the molecule is CCOC(=O)c1c(C)c(C(=O)N2CCCC(C)C2)c(C)n1Cc1ccccc1. The van der Waals surface area contributed by atoms with Gasteiger partial charge in [0.1, 0.15) is 5.69 Å². The van der Waals surface area contributed by atoms with Crippen LogP contribution in [-0.2, 0) is 11.3 Å². The van der Waals surface area contributed by atoms with E-state index in [1.807, 2.05) is 53.6 Å². The van der Waals surface area contributed by atoms with Crippen LogP contribution >= 0.6 is 0 Å². The lowest BCUT2D eigenvalue weighted by molar-refractivity contribution is 0.0513. The Kier molecular flexibility index (Phi) is 6.22. The van der Waals surface area contributed by atoms with Crippen molar-refractivity contribution in [1.29, 1.82) is 0 Å². The molecule has 0 N–H and O–H groups in total. The Morgan fingerprint density at radius 2 is 1.89 bits per heavy atom. The number of carbonyl (C=O) groups excluding carboxylic acids is 2. The minimum absolute atomic E-state index is 0.0268. The van der Waals surface area contributed by atoms with Gasteiger partial charge in [-0.15, -0.1) is 0 Å². The molecule has 0 saturated carbocycles. The van der Waals surface area contributed by atoms with Crippen LogP contribution in [0.25, 0.3) is 0 Å². The summed E-state index contributed by atoms with van der Waals surface area (Å²) < 4.78 is 7.25. The highest BCUT2D eigenvalue weighted by Crippen LogP contribution is 2.27.